The lowest BCUT2D eigenvalue weighted by Crippen LogP contribution is -2.23. The van der Waals surface area contributed by atoms with Crippen molar-refractivity contribution in [1.82, 2.24) is 0 Å². The van der Waals surface area contributed by atoms with Crippen molar-refractivity contribution in [2.24, 2.45) is 11.8 Å². The monoisotopic (exact) mass is 566 g/mol. The Morgan fingerprint density at radius 3 is 2.10 bits per heavy atom. The van der Waals surface area contributed by atoms with Crippen LogP contribution in [0.2, 0.25) is 0 Å². The van der Waals surface area contributed by atoms with Crippen LogP contribution >= 0.6 is 0 Å². The van der Waals surface area contributed by atoms with Crippen LogP contribution in [-0.4, -0.2) is 58.3 Å². The largest absolute Gasteiger partial charge is 0.494 e. The minimum atomic E-state index is -0.0175. The highest BCUT2D eigenvalue weighted by Crippen LogP contribution is 2.36. The van der Waals surface area contributed by atoms with Gasteiger partial charge in [-0.25, -0.2) is 0 Å². The zero-order valence-electron chi connectivity index (χ0n) is 25.0. The SMILES string of the molecule is CC1=CC(C2=CCC(OCCCOC3CCCCO3)C=C2)=CC(C2C=CC(OCCCOC3CCCCO3)=CC2)C1. The number of ether oxygens (including phenoxy) is 6. The van der Waals surface area contributed by atoms with E-state index in [-0.39, 0.29) is 18.7 Å². The van der Waals surface area contributed by atoms with Gasteiger partial charge in [-0.1, -0.05) is 42.0 Å². The number of rotatable bonds is 14. The van der Waals surface area contributed by atoms with Gasteiger partial charge in [0.15, 0.2) is 12.6 Å². The van der Waals surface area contributed by atoms with E-state index < -0.39 is 0 Å². The molecule has 6 nitrogen and oxygen atoms in total. The third-order valence-corrected chi connectivity index (χ3v) is 8.46. The summed E-state index contributed by atoms with van der Waals surface area (Å²) in [6.07, 6.45) is 30.1. The summed E-state index contributed by atoms with van der Waals surface area (Å²) in [5.74, 6) is 1.99. The predicted molar refractivity (Wildman–Crippen MR) is 161 cm³/mol. The molecule has 0 aromatic heterocycles. The van der Waals surface area contributed by atoms with Crippen LogP contribution in [0, 0.1) is 11.8 Å². The molecule has 2 fully saturated rings. The number of hydrogen-bond acceptors (Lipinski definition) is 6. The molecule has 0 spiro atoms. The van der Waals surface area contributed by atoms with E-state index in [0.717, 1.165) is 76.8 Å². The maximum absolute atomic E-state index is 6.10. The fraction of sp³-hybridized carbons (Fsp3) is 0.657. The van der Waals surface area contributed by atoms with Crippen LogP contribution in [0.1, 0.15) is 77.6 Å². The summed E-state index contributed by atoms with van der Waals surface area (Å²) in [4.78, 5) is 0. The molecule has 41 heavy (non-hydrogen) atoms. The van der Waals surface area contributed by atoms with Gasteiger partial charge >= 0.3 is 0 Å². The van der Waals surface area contributed by atoms with Crippen molar-refractivity contribution in [3.05, 3.63) is 71.1 Å². The molecule has 2 heterocycles. The van der Waals surface area contributed by atoms with Crippen molar-refractivity contribution in [3.8, 4) is 0 Å². The van der Waals surface area contributed by atoms with Gasteiger partial charge in [-0.2, -0.15) is 0 Å². The number of allylic oxidation sites excluding steroid dienone is 9. The molecule has 5 atom stereocenters. The van der Waals surface area contributed by atoms with E-state index in [0.29, 0.717) is 38.3 Å². The third-order valence-electron chi connectivity index (χ3n) is 8.46. The van der Waals surface area contributed by atoms with E-state index in [9.17, 15) is 0 Å². The first-order chi connectivity index (χ1) is 20.2. The quantitative estimate of drug-likeness (QED) is 0.203. The third kappa shape index (κ3) is 10.1. The Balaban J connectivity index is 0.995. The molecule has 0 N–H and O–H groups in total. The van der Waals surface area contributed by atoms with Gasteiger partial charge in [-0.05, 0) is 106 Å². The van der Waals surface area contributed by atoms with Crippen LogP contribution in [0.25, 0.3) is 0 Å². The summed E-state index contributed by atoms with van der Waals surface area (Å²) < 4.78 is 35.0. The van der Waals surface area contributed by atoms with Gasteiger partial charge in [-0.15, -0.1) is 0 Å². The summed E-state index contributed by atoms with van der Waals surface area (Å²) in [6, 6.07) is 0. The molecule has 0 bridgehead atoms. The van der Waals surface area contributed by atoms with Gasteiger partial charge in [0, 0.05) is 26.2 Å². The van der Waals surface area contributed by atoms with Crippen molar-refractivity contribution in [3.63, 3.8) is 0 Å². The van der Waals surface area contributed by atoms with Gasteiger partial charge in [0.2, 0.25) is 0 Å². The van der Waals surface area contributed by atoms with E-state index in [1.165, 1.54) is 29.6 Å². The minimum absolute atomic E-state index is 0.0133. The number of hydrogen-bond donors (Lipinski definition) is 0. The predicted octanol–water partition coefficient (Wildman–Crippen LogP) is 7.49. The van der Waals surface area contributed by atoms with E-state index in [2.05, 4.69) is 55.5 Å². The molecular weight excluding hydrogens is 516 g/mol. The average molecular weight is 567 g/mol. The molecule has 5 unspecified atom stereocenters. The standard InChI is InChI=1S/C35H50O6/c1-27-24-30(28-10-14-32(15-11-28)36-20-6-22-40-34-8-2-4-18-38-34)26-31(25-27)29-12-16-33(17-13-29)37-21-7-23-41-35-9-3-5-19-39-35/h10-12,14,16-17,24,26,29,31-32,34-35H,2-9,13,15,18-23,25H2,1H3. The van der Waals surface area contributed by atoms with Crippen molar-refractivity contribution in [1.29, 1.82) is 0 Å². The normalized spacial score (nSPS) is 30.3. The Morgan fingerprint density at radius 1 is 0.732 bits per heavy atom. The lowest BCUT2D eigenvalue weighted by Gasteiger charge is -2.28. The van der Waals surface area contributed by atoms with Crippen LogP contribution < -0.4 is 0 Å². The molecule has 2 saturated heterocycles. The molecule has 0 aromatic carbocycles. The molecule has 226 valence electrons. The molecular formula is C35H50O6. The topological polar surface area (TPSA) is 55.4 Å². The van der Waals surface area contributed by atoms with Crippen LogP contribution in [0.4, 0.5) is 0 Å². The fourth-order valence-corrected chi connectivity index (χ4v) is 6.13. The first-order valence-electron chi connectivity index (χ1n) is 16.1. The van der Waals surface area contributed by atoms with E-state index in [4.69, 9.17) is 28.4 Å². The highest BCUT2D eigenvalue weighted by molar-refractivity contribution is 5.51. The second-order valence-electron chi connectivity index (χ2n) is 11.9. The van der Waals surface area contributed by atoms with Crippen LogP contribution in [-0.2, 0) is 28.4 Å². The molecule has 2 aliphatic heterocycles. The summed E-state index contributed by atoms with van der Waals surface area (Å²) in [5.41, 5.74) is 4.10. The Bertz CT molecular complexity index is 992. The van der Waals surface area contributed by atoms with Crippen molar-refractivity contribution in [2.75, 3.05) is 39.6 Å². The van der Waals surface area contributed by atoms with E-state index in [1.54, 1.807) is 0 Å². The average Bonchev–Trinajstić information content (AvgIpc) is 3.02. The Hall–Kier alpha value is -1.96. The maximum Gasteiger partial charge on any atom is 0.157 e. The Kier molecular flexibility index (Phi) is 12.4. The van der Waals surface area contributed by atoms with Crippen LogP contribution in [0.5, 0.6) is 0 Å². The molecule has 3 aliphatic carbocycles. The molecule has 5 aliphatic rings. The van der Waals surface area contributed by atoms with Crippen molar-refractivity contribution < 1.29 is 28.4 Å². The maximum atomic E-state index is 6.10. The minimum Gasteiger partial charge on any atom is -0.494 e. The first-order valence-corrected chi connectivity index (χ1v) is 16.1. The van der Waals surface area contributed by atoms with Gasteiger partial charge < -0.3 is 28.4 Å². The van der Waals surface area contributed by atoms with Crippen molar-refractivity contribution in [2.45, 2.75) is 96.2 Å². The molecule has 0 saturated carbocycles. The van der Waals surface area contributed by atoms with Gasteiger partial charge in [0.25, 0.3) is 0 Å². The first kappa shape index (κ1) is 30.5. The summed E-state index contributed by atoms with van der Waals surface area (Å²) in [6.45, 7) is 6.69. The fourth-order valence-electron chi connectivity index (χ4n) is 6.13. The van der Waals surface area contributed by atoms with Crippen LogP contribution in [0.15, 0.2) is 71.1 Å². The summed E-state index contributed by atoms with van der Waals surface area (Å²) in [5, 5.41) is 0. The smallest absolute Gasteiger partial charge is 0.157 e. The Morgan fingerprint density at radius 2 is 1.46 bits per heavy atom. The van der Waals surface area contributed by atoms with Gasteiger partial charge in [-0.3, -0.25) is 0 Å². The molecule has 0 amide bonds. The van der Waals surface area contributed by atoms with Crippen LogP contribution in [0.3, 0.4) is 0 Å². The zero-order valence-corrected chi connectivity index (χ0v) is 25.0. The molecule has 0 aromatic rings. The highest BCUT2D eigenvalue weighted by Gasteiger charge is 2.24. The second-order valence-corrected chi connectivity index (χ2v) is 11.9. The van der Waals surface area contributed by atoms with Crippen molar-refractivity contribution >= 4 is 0 Å². The second kappa shape index (κ2) is 16.6. The van der Waals surface area contributed by atoms with E-state index >= 15 is 0 Å². The highest BCUT2D eigenvalue weighted by atomic mass is 16.7. The molecule has 6 heteroatoms. The summed E-state index contributed by atoms with van der Waals surface area (Å²) >= 11 is 0. The lowest BCUT2D eigenvalue weighted by atomic mass is 9.77. The molecule has 0 radical (unpaired) electrons. The van der Waals surface area contributed by atoms with Gasteiger partial charge in [0.05, 0.1) is 25.9 Å². The zero-order chi connectivity index (χ0) is 28.1. The summed E-state index contributed by atoms with van der Waals surface area (Å²) in [7, 11) is 0. The van der Waals surface area contributed by atoms with Gasteiger partial charge in [0.1, 0.15) is 5.76 Å². The molecule has 5 rings (SSSR count). The lowest BCUT2D eigenvalue weighted by molar-refractivity contribution is -0.164. The Labute approximate surface area is 247 Å². The van der Waals surface area contributed by atoms with E-state index in [1.807, 2.05) is 0 Å².